The zero-order valence-electron chi connectivity index (χ0n) is 11.7. The van der Waals surface area contributed by atoms with Crippen LogP contribution in [0.1, 0.15) is 46.5 Å². The van der Waals surface area contributed by atoms with Crippen molar-refractivity contribution in [1.29, 1.82) is 0 Å². The average molecular weight is 256 g/mol. The van der Waals surface area contributed by atoms with E-state index in [4.69, 9.17) is 0 Å². The lowest BCUT2D eigenvalue weighted by molar-refractivity contribution is 0.168. The zero-order valence-corrected chi connectivity index (χ0v) is 12.5. The van der Waals surface area contributed by atoms with E-state index in [1.54, 1.807) is 0 Å². The van der Waals surface area contributed by atoms with Crippen molar-refractivity contribution >= 4 is 11.8 Å². The molecule has 0 aromatic carbocycles. The summed E-state index contributed by atoms with van der Waals surface area (Å²) in [6, 6.07) is 0. The summed E-state index contributed by atoms with van der Waals surface area (Å²) in [7, 11) is 0. The molecule has 2 aliphatic heterocycles. The molecule has 0 aromatic rings. The van der Waals surface area contributed by atoms with Gasteiger partial charge in [-0.15, -0.1) is 0 Å². The first-order valence-corrected chi connectivity index (χ1v) is 8.09. The molecule has 0 amide bonds. The number of nitrogens with one attached hydrogen (secondary N) is 1. The summed E-state index contributed by atoms with van der Waals surface area (Å²) in [6.45, 7) is 12.2. The average Bonchev–Trinajstić information content (AvgIpc) is 2.41. The maximum Gasteiger partial charge on any atom is 0.0280 e. The molecule has 0 bridgehead atoms. The SMILES string of the molecule is CC1(CN2CCSC(C)(C)CC2)CCCCN1. The van der Waals surface area contributed by atoms with Crippen LogP contribution < -0.4 is 5.32 Å². The highest BCUT2D eigenvalue weighted by Gasteiger charge is 2.31. The van der Waals surface area contributed by atoms with Gasteiger partial charge in [0, 0.05) is 29.1 Å². The van der Waals surface area contributed by atoms with E-state index in [0.29, 0.717) is 10.3 Å². The van der Waals surface area contributed by atoms with Gasteiger partial charge in [-0.2, -0.15) is 11.8 Å². The first-order chi connectivity index (χ1) is 7.99. The van der Waals surface area contributed by atoms with Crippen molar-refractivity contribution < 1.29 is 0 Å². The predicted molar refractivity (Wildman–Crippen MR) is 77.9 cm³/mol. The van der Waals surface area contributed by atoms with Crippen molar-refractivity contribution in [2.75, 3.05) is 31.9 Å². The van der Waals surface area contributed by atoms with Crippen molar-refractivity contribution in [2.24, 2.45) is 0 Å². The first-order valence-electron chi connectivity index (χ1n) is 7.11. The number of thioether (sulfide) groups is 1. The molecule has 2 nitrogen and oxygen atoms in total. The van der Waals surface area contributed by atoms with Crippen LogP contribution in [0.3, 0.4) is 0 Å². The lowest BCUT2D eigenvalue weighted by atomic mass is 9.90. The zero-order chi connectivity index (χ0) is 12.4. The number of piperidine rings is 1. The van der Waals surface area contributed by atoms with Crippen LogP contribution in [0.15, 0.2) is 0 Å². The molecule has 2 saturated heterocycles. The molecule has 0 aromatic heterocycles. The molecule has 0 radical (unpaired) electrons. The number of rotatable bonds is 2. The van der Waals surface area contributed by atoms with Crippen molar-refractivity contribution in [2.45, 2.75) is 56.7 Å². The van der Waals surface area contributed by atoms with Crippen LogP contribution in [-0.2, 0) is 0 Å². The van der Waals surface area contributed by atoms with E-state index in [9.17, 15) is 0 Å². The van der Waals surface area contributed by atoms with Gasteiger partial charge >= 0.3 is 0 Å². The van der Waals surface area contributed by atoms with Crippen LogP contribution in [-0.4, -0.2) is 47.1 Å². The molecule has 0 aliphatic carbocycles. The Bertz CT molecular complexity index is 247. The highest BCUT2D eigenvalue weighted by atomic mass is 32.2. The standard InChI is InChI=1S/C14H28N2S/c1-13(2)7-9-16(10-11-17-13)12-14(3)6-4-5-8-15-14/h15H,4-12H2,1-3H3. The van der Waals surface area contributed by atoms with Crippen LogP contribution in [0.2, 0.25) is 0 Å². The molecular weight excluding hydrogens is 228 g/mol. The number of hydrogen-bond acceptors (Lipinski definition) is 3. The Morgan fingerprint density at radius 2 is 1.94 bits per heavy atom. The van der Waals surface area contributed by atoms with Crippen LogP contribution in [0.5, 0.6) is 0 Å². The van der Waals surface area contributed by atoms with Gasteiger partial charge in [-0.3, -0.25) is 0 Å². The Balaban J connectivity index is 1.86. The highest BCUT2D eigenvalue weighted by Crippen LogP contribution is 2.31. The molecule has 2 aliphatic rings. The van der Waals surface area contributed by atoms with Gasteiger partial charge in [0.15, 0.2) is 0 Å². The summed E-state index contributed by atoms with van der Waals surface area (Å²) < 4.78 is 0.482. The molecule has 0 saturated carbocycles. The van der Waals surface area contributed by atoms with Gasteiger partial charge in [0.25, 0.3) is 0 Å². The van der Waals surface area contributed by atoms with Gasteiger partial charge < -0.3 is 10.2 Å². The normalized spacial score (nSPS) is 35.5. The molecule has 1 unspecified atom stereocenters. The maximum atomic E-state index is 3.74. The van der Waals surface area contributed by atoms with E-state index in [0.717, 1.165) is 0 Å². The second-order valence-corrected chi connectivity index (χ2v) is 8.38. The molecule has 1 N–H and O–H groups in total. The van der Waals surface area contributed by atoms with Gasteiger partial charge in [-0.25, -0.2) is 0 Å². The van der Waals surface area contributed by atoms with Crippen LogP contribution >= 0.6 is 11.8 Å². The Kier molecular flexibility index (Phi) is 4.43. The third-order valence-electron chi connectivity index (χ3n) is 4.21. The fraction of sp³-hybridized carbons (Fsp3) is 1.00. The van der Waals surface area contributed by atoms with Gasteiger partial charge in [-0.05, 0) is 39.3 Å². The van der Waals surface area contributed by atoms with Crippen molar-refractivity contribution in [3.05, 3.63) is 0 Å². The minimum absolute atomic E-state index is 0.372. The molecule has 3 heteroatoms. The minimum Gasteiger partial charge on any atom is -0.310 e. The molecule has 2 rings (SSSR count). The van der Waals surface area contributed by atoms with Crippen LogP contribution in [0.25, 0.3) is 0 Å². The summed E-state index contributed by atoms with van der Waals surface area (Å²) in [6.07, 6.45) is 5.43. The highest BCUT2D eigenvalue weighted by molar-refractivity contribution is 8.00. The third kappa shape index (κ3) is 4.15. The van der Waals surface area contributed by atoms with Crippen LogP contribution in [0, 0.1) is 0 Å². The minimum atomic E-state index is 0.372. The summed E-state index contributed by atoms with van der Waals surface area (Å²) in [4.78, 5) is 2.68. The van der Waals surface area contributed by atoms with E-state index >= 15 is 0 Å². The maximum absolute atomic E-state index is 3.74. The second kappa shape index (κ2) is 5.50. The van der Waals surface area contributed by atoms with Gasteiger partial charge in [0.05, 0.1) is 0 Å². The van der Waals surface area contributed by atoms with Crippen molar-refractivity contribution in [3.8, 4) is 0 Å². The predicted octanol–water partition coefficient (Wildman–Crippen LogP) is 2.74. The lowest BCUT2D eigenvalue weighted by Gasteiger charge is -2.39. The molecule has 100 valence electrons. The molecule has 0 spiro atoms. The largest absolute Gasteiger partial charge is 0.310 e. The van der Waals surface area contributed by atoms with E-state index < -0.39 is 0 Å². The number of hydrogen-bond donors (Lipinski definition) is 1. The Morgan fingerprint density at radius 1 is 1.12 bits per heavy atom. The van der Waals surface area contributed by atoms with Gasteiger partial charge in [0.1, 0.15) is 0 Å². The Morgan fingerprint density at radius 3 is 2.65 bits per heavy atom. The number of nitrogens with zero attached hydrogens (tertiary/aromatic N) is 1. The Hall–Kier alpha value is 0.270. The Labute approximate surface area is 111 Å². The molecule has 17 heavy (non-hydrogen) atoms. The summed E-state index contributed by atoms with van der Waals surface area (Å²) >= 11 is 2.14. The van der Waals surface area contributed by atoms with Crippen LogP contribution in [0.4, 0.5) is 0 Å². The quantitative estimate of drug-likeness (QED) is 0.818. The topological polar surface area (TPSA) is 15.3 Å². The third-order valence-corrected chi connectivity index (χ3v) is 5.58. The fourth-order valence-electron chi connectivity index (χ4n) is 2.97. The molecule has 2 heterocycles. The first kappa shape index (κ1) is 13.7. The van der Waals surface area contributed by atoms with E-state index in [1.165, 1.54) is 57.6 Å². The monoisotopic (exact) mass is 256 g/mol. The van der Waals surface area contributed by atoms with E-state index in [-0.39, 0.29) is 0 Å². The fourth-order valence-corrected chi connectivity index (χ4v) is 4.11. The summed E-state index contributed by atoms with van der Waals surface area (Å²) in [5.41, 5.74) is 0.372. The molecule has 2 fully saturated rings. The molecule has 1 atom stereocenters. The summed E-state index contributed by atoms with van der Waals surface area (Å²) in [5.74, 6) is 1.29. The van der Waals surface area contributed by atoms with Gasteiger partial charge in [0.2, 0.25) is 0 Å². The lowest BCUT2D eigenvalue weighted by Crippen LogP contribution is -2.54. The smallest absolute Gasteiger partial charge is 0.0280 e. The second-order valence-electron chi connectivity index (χ2n) is 6.58. The van der Waals surface area contributed by atoms with Gasteiger partial charge in [-0.1, -0.05) is 20.3 Å². The molecular formula is C14H28N2S. The van der Waals surface area contributed by atoms with Crippen molar-refractivity contribution in [1.82, 2.24) is 10.2 Å². The summed E-state index contributed by atoms with van der Waals surface area (Å²) in [5, 5.41) is 3.74. The van der Waals surface area contributed by atoms with Crippen molar-refractivity contribution in [3.63, 3.8) is 0 Å². The van der Waals surface area contributed by atoms with E-state index in [2.05, 4.69) is 42.7 Å². The van der Waals surface area contributed by atoms with E-state index in [1.807, 2.05) is 0 Å².